The Morgan fingerprint density at radius 2 is 1.88 bits per heavy atom. The second kappa shape index (κ2) is 4.70. The Kier molecular flexibility index (Phi) is 3.48. The lowest BCUT2D eigenvalue weighted by molar-refractivity contribution is -0.257. The summed E-state index contributed by atoms with van der Waals surface area (Å²) < 4.78 is 11.9. The molecule has 4 nitrogen and oxygen atoms in total. The van der Waals surface area contributed by atoms with Crippen LogP contribution in [0.4, 0.5) is 0 Å². The van der Waals surface area contributed by atoms with Gasteiger partial charge in [0.05, 0.1) is 18.3 Å². The second-order valence-corrected chi connectivity index (χ2v) is 4.84. The predicted octanol–water partition coefficient (Wildman–Crippen LogP) is 1.86. The molecule has 2 rings (SSSR count). The highest BCUT2D eigenvalue weighted by atomic mass is 16.7. The van der Waals surface area contributed by atoms with Gasteiger partial charge in [-0.15, -0.1) is 0 Å². The molecule has 2 fully saturated rings. The Morgan fingerprint density at radius 1 is 1.25 bits per heavy atom. The van der Waals surface area contributed by atoms with Crippen LogP contribution >= 0.6 is 0 Å². The molecule has 0 amide bonds. The van der Waals surface area contributed by atoms with Crippen molar-refractivity contribution in [1.29, 1.82) is 5.26 Å². The van der Waals surface area contributed by atoms with E-state index in [4.69, 9.17) is 14.7 Å². The molecule has 4 heteroatoms. The Bertz CT molecular complexity index is 273. The lowest BCUT2D eigenvalue weighted by Gasteiger charge is -2.29. The summed E-state index contributed by atoms with van der Waals surface area (Å²) in [7, 11) is 0. The van der Waals surface area contributed by atoms with Gasteiger partial charge in [-0.3, -0.25) is 0 Å². The summed E-state index contributed by atoms with van der Waals surface area (Å²) in [5, 5.41) is 8.51. The zero-order valence-corrected chi connectivity index (χ0v) is 10.1. The van der Waals surface area contributed by atoms with Crippen LogP contribution in [0.1, 0.15) is 39.5 Å². The number of ether oxygens (including phenoxy) is 2. The number of hydrogen-bond donors (Lipinski definition) is 0. The molecule has 2 saturated heterocycles. The quantitative estimate of drug-likeness (QED) is 0.684. The molecule has 90 valence electrons. The van der Waals surface area contributed by atoms with Crippen LogP contribution in [0.5, 0.6) is 0 Å². The molecular formula is C12H20N2O2. The molecule has 0 N–H and O–H groups in total. The summed E-state index contributed by atoms with van der Waals surface area (Å²) >= 11 is 0. The smallest absolute Gasteiger partial charge is 0.230 e. The van der Waals surface area contributed by atoms with E-state index in [1.165, 1.54) is 0 Å². The summed E-state index contributed by atoms with van der Waals surface area (Å²) in [4.78, 5) is 2.30. The van der Waals surface area contributed by atoms with Crippen LogP contribution in [0.3, 0.4) is 0 Å². The fourth-order valence-electron chi connectivity index (χ4n) is 2.68. The Hall–Kier alpha value is -0.630. The van der Waals surface area contributed by atoms with Gasteiger partial charge >= 0.3 is 0 Å². The first kappa shape index (κ1) is 11.8. The largest absolute Gasteiger partial charge is 0.333 e. The topological polar surface area (TPSA) is 45.5 Å². The van der Waals surface area contributed by atoms with Gasteiger partial charge in [-0.1, -0.05) is 0 Å². The molecule has 16 heavy (non-hydrogen) atoms. The standard InChI is InChI=1S/C12H20N2O2/c1-10-8-14-9-11(2)16-12(14,15-10)6-4-3-5-7-13/h10-11H,3-6,8-9H2,1-2H3. The lowest BCUT2D eigenvalue weighted by atomic mass is 10.1. The van der Waals surface area contributed by atoms with Crippen molar-refractivity contribution in [3.05, 3.63) is 0 Å². The Morgan fingerprint density at radius 3 is 2.44 bits per heavy atom. The summed E-state index contributed by atoms with van der Waals surface area (Å²) in [5.74, 6) is -0.478. The minimum Gasteiger partial charge on any atom is -0.333 e. The average Bonchev–Trinajstić information content (AvgIpc) is 2.64. The molecule has 0 aromatic carbocycles. The number of fused-ring (bicyclic) bond motifs is 1. The number of nitrogens with zero attached hydrogens (tertiary/aromatic N) is 2. The van der Waals surface area contributed by atoms with E-state index in [9.17, 15) is 0 Å². The SMILES string of the molecule is CC1CN2CC(C)OC2(CCCCC#N)O1. The molecule has 0 aromatic heterocycles. The highest BCUT2D eigenvalue weighted by molar-refractivity contribution is 4.89. The fraction of sp³-hybridized carbons (Fsp3) is 0.917. The van der Waals surface area contributed by atoms with Crippen LogP contribution in [-0.2, 0) is 9.47 Å². The van der Waals surface area contributed by atoms with Gasteiger partial charge in [0.25, 0.3) is 0 Å². The van der Waals surface area contributed by atoms with Gasteiger partial charge in [-0.25, -0.2) is 4.90 Å². The normalized spacial score (nSPS) is 38.6. The number of nitriles is 1. The van der Waals surface area contributed by atoms with Crippen LogP contribution in [0, 0.1) is 11.3 Å². The van der Waals surface area contributed by atoms with E-state index in [0.717, 1.165) is 32.4 Å². The summed E-state index contributed by atoms with van der Waals surface area (Å²) in [6.07, 6.45) is 3.93. The molecule has 0 spiro atoms. The molecule has 0 saturated carbocycles. The zero-order chi connectivity index (χ0) is 11.6. The highest BCUT2D eigenvalue weighted by Gasteiger charge is 2.51. The Labute approximate surface area is 97.1 Å². The van der Waals surface area contributed by atoms with Crippen molar-refractivity contribution in [3.8, 4) is 6.07 Å². The summed E-state index contributed by atoms with van der Waals surface area (Å²) in [5.41, 5.74) is 0. The maximum absolute atomic E-state index is 8.51. The first-order valence-corrected chi connectivity index (χ1v) is 6.14. The van der Waals surface area contributed by atoms with Gasteiger partial charge in [-0.05, 0) is 26.7 Å². The second-order valence-electron chi connectivity index (χ2n) is 4.84. The van der Waals surface area contributed by atoms with Crippen molar-refractivity contribution in [1.82, 2.24) is 4.90 Å². The maximum Gasteiger partial charge on any atom is 0.230 e. The van der Waals surface area contributed by atoms with Crippen molar-refractivity contribution in [3.63, 3.8) is 0 Å². The van der Waals surface area contributed by atoms with E-state index < -0.39 is 5.91 Å². The van der Waals surface area contributed by atoms with E-state index in [2.05, 4.69) is 24.8 Å². The van der Waals surface area contributed by atoms with Gasteiger partial charge in [0.2, 0.25) is 5.91 Å². The first-order valence-electron chi connectivity index (χ1n) is 6.14. The number of unbranched alkanes of at least 4 members (excludes halogenated alkanes) is 2. The Balaban J connectivity index is 1.90. The molecule has 0 aliphatic carbocycles. The van der Waals surface area contributed by atoms with Gasteiger partial charge in [-0.2, -0.15) is 5.26 Å². The van der Waals surface area contributed by atoms with E-state index >= 15 is 0 Å². The van der Waals surface area contributed by atoms with E-state index in [-0.39, 0.29) is 12.2 Å². The van der Waals surface area contributed by atoms with E-state index in [1.54, 1.807) is 0 Å². The van der Waals surface area contributed by atoms with Crippen LogP contribution in [0.15, 0.2) is 0 Å². The van der Waals surface area contributed by atoms with Gasteiger partial charge < -0.3 is 9.47 Å². The minimum atomic E-state index is -0.478. The van der Waals surface area contributed by atoms with E-state index in [0.29, 0.717) is 6.42 Å². The lowest BCUT2D eigenvalue weighted by Crippen LogP contribution is -2.40. The summed E-state index contributed by atoms with van der Waals surface area (Å²) in [6.45, 7) is 6.10. The molecule has 2 aliphatic heterocycles. The van der Waals surface area contributed by atoms with Crippen LogP contribution in [0.2, 0.25) is 0 Å². The number of hydrogen-bond acceptors (Lipinski definition) is 4. The highest BCUT2D eigenvalue weighted by Crippen LogP contribution is 2.39. The van der Waals surface area contributed by atoms with Crippen molar-refractivity contribution in [2.24, 2.45) is 0 Å². The monoisotopic (exact) mass is 224 g/mol. The third-order valence-electron chi connectivity index (χ3n) is 3.24. The van der Waals surface area contributed by atoms with Gasteiger partial charge in [0.15, 0.2) is 0 Å². The molecule has 2 aliphatic rings. The third-order valence-corrected chi connectivity index (χ3v) is 3.24. The molecule has 2 heterocycles. The first-order chi connectivity index (χ1) is 7.66. The van der Waals surface area contributed by atoms with Gasteiger partial charge in [0.1, 0.15) is 0 Å². The van der Waals surface area contributed by atoms with Crippen molar-refractivity contribution in [2.75, 3.05) is 13.1 Å². The number of rotatable bonds is 4. The average molecular weight is 224 g/mol. The van der Waals surface area contributed by atoms with Crippen LogP contribution in [0.25, 0.3) is 0 Å². The van der Waals surface area contributed by atoms with Gasteiger partial charge in [0, 0.05) is 25.9 Å². The van der Waals surface area contributed by atoms with Crippen molar-refractivity contribution in [2.45, 2.75) is 57.6 Å². The third kappa shape index (κ3) is 2.22. The molecule has 2 unspecified atom stereocenters. The molecule has 0 bridgehead atoms. The van der Waals surface area contributed by atoms with Crippen LogP contribution in [-0.4, -0.2) is 36.1 Å². The van der Waals surface area contributed by atoms with E-state index in [1.807, 2.05) is 0 Å². The molecule has 0 aromatic rings. The summed E-state index contributed by atoms with van der Waals surface area (Å²) in [6, 6.07) is 2.17. The molecular weight excluding hydrogens is 204 g/mol. The fourth-order valence-corrected chi connectivity index (χ4v) is 2.68. The molecule has 2 atom stereocenters. The van der Waals surface area contributed by atoms with Crippen molar-refractivity contribution < 1.29 is 9.47 Å². The molecule has 0 radical (unpaired) electrons. The zero-order valence-electron chi connectivity index (χ0n) is 10.1. The minimum absolute atomic E-state index is 0.253. The predicted molar refractivity (Wildman–Crippen MR) is 59.5 cm³/mol. The maximum atomic E-state index is 8.51. The van der Waals surface area contributed by atoms with Crippen LogP contribution < -0.4 is 0 Å². The van der Waals surface area contributed by atoms with Crippen molar-refractivity contribution >= 4 is 0 Å².